The van der Waals surface area contributed by atoms with Gasteiger partial charge in [0.1, 0.15) is 11.5 Å². The van der Waals surface area contributed by atoms with E-state index in [4.69, 9.17) is 0 Å². The lowest BCUT2D eigenvalue weighted by Crippen LogP contribution is -2.31. The zero-order valence-corrected chi connectivity index (χ0v) is 12.4. The molecule has 1 aliphatic carbocycles. The van der Waals surface area contributed by atoms with Crippen molar-refractivity contribution in [2.24, 2.45) is 11.8 Å². The first-order valence-corrected chi connectivity index (χ1v) is 7.53. The molecule has 1 saturated carbocycles. The maximum atomic E-state index is 12.0. The molecule has 1 aliphatic rings. The minimum absolute atomic E-state index is 0.126. The van der Waals surface area contributed by atoms with Crippen LogP contribution in [0.25, 0.3) is 0 Å². The van der Waals surface area contributed by atoms with Crippen LogP contribution in [0.2, 0.25) is 0 Å². The summed E-state index contributed by atoms with van der Waals surface area (Å²) in [6.07, 6.45) is 8.10. The van der Waals surface area contributed by atoms with Crippen molar-refractivity contribution < 1.29 is 4.79 Å². The van der Waals surface area contributed by atoms with Crippen LogP contribution in [0.4, 0.5) is 5.82 Å². The number of rotatable bonds is 5. The van der Waals surface area contributed by atoms with Gasteiger partial charge in [-0.3, -0.25) is 4.79 Å². The molecule has 0 bridgehead atoms. The Kier molecular flexibility index (Phi) is 5.32. The molecule has 0 aromatic carbocycles. The van der Waals surface area contributed by atoms with E-state index >= 15 is 0 Å². The molecule has 0 radical (unpaired) electrons. The van der Waals surface area contributed by atoms with Crippen LogP contribution in [0.1, 0.15) is 50.0 Å². The summed E-state index contributed by atoms with van der Waals surface area (Å²) in [6, 6.07) is 0. The molecule has 1 fully saturated rings. The smallest absolute Gasteiger partial charge is 0.271 e. The molecule has 2 rings (SSSR count). The van der Waals surface area contributed by atoms with Crippen molar-refractivity contribution in [3.05, 3.63) is 18.1 Å². The van der Waals surface area contributed by atoms with E-state index in [2.05, 4.69) is 27.5 Å². The van der Waals surface area contributed by atoms with Gasteiger partial charge in [-0.2, -0.15) is 0 Å². The predicted molar refractivity (Wildman–Crippen MR) is 79.7 cm³/mol. The minimum atomic E-state index is -0.126. The molecule has 20 heavy (non-hydrogen) atoms. The summed E-state index contributed by atoms with van der Waals surface area (Å²) in [6.45, 7) is 5.84. The number of carbonyl (C=O) groups excluding carboxylic acids is 1. The second-order valence-corrected chi connectivity index (χ2v) is 5.65. The summed E-state index contributed by atoms with van der Waals surface area (Å²) in [4.78, 5) is 20.3. The van der Waals surface area contributed by atoms with Gasteiger partial charge in [-0.1, -0.05) is 19.8 Å². The fraction of sp³-hybridized carbons (Fsp3) is 0.667. The topological polar surface area (TPSA) is 66.9 Å². The molecular formula is C15H24N4O. The highest BCUT2D eigenvalue weighted by Gasteiger charge is 2.19. The van der Waals surface area contributed by atoms with Gasteiger partial charge in [0.25, 0.3) is 5.91 Å². The van der Waals surface area contributed by atoms with Crippen LogP contribution in [0.3, 0.4) is 0 Å². The number of amides is 1. The maximum Gasteiger partial charge on any atom is 0.271 e. The van der Waals surface area contributed by atoms with E-state index in [1.807, 2.05) is 6.92 Å². The number of hydrogen-bond acceptors (Lipinski definition) is 4. The van der Waals surface area contributed by atoms with Crippen molar-refractivity contribution >= 4 is 11.7 Å². The van der Waals surface area contributed by atoms with Gasteiger partial charge in [-0.05, 0) is 31.6 Å². The molecule has 5 nitrogen and oxygen atoms in total. The van der Waals surface area contributed by atoms with E-state index in [9.17, 15) is 4.79 Å². The zero-order chi connectivity index (χ0) is 14.4. The summed E-state index contributed by atoms with van der Waals surface area (Å²) in [7, 11) is 0. The molecule has 110 valence electrons. The molecule has 0 aliphatic heterocycles. The van der Waals surface area contributed by atoms with E-state index < -0.39 is 0 Å². The van der Waals surface area contributed by atoms with Gasteiger partial charge in [0.05, 0.1) is 12.4 Å². The average molecular weight is 276 g/mol. The molecule has 1 aromatic rings. The lowest BCUT2D eigenvalue weighted by atomic mass is 9.83. The van der Waals surface area contributed by atoms with E-state index in [-0.39, 0.29) is 5.91 Å². The lowest BCUT2D eigenvalue weighted by Gasteiger charge is -2.26. The van der Waals surface area contributed by atoms with E-state index in [0.29, 0.717) is 17.4 Å². The van der Waals surface area contributed by atoms with Gasteiger partial charge < -0.3 is 10.6 Å². The van der Waals surface area contributed by atoms with Crippen molar-refractivity contribution in [1.82, 2.24) is 15.3 Å². The summed E-state index contributed by atoms with van der Waals surface area (Å²) >= 11 is 0. The molecule has 1 aromatic heterocycles. The van der Waals surface area contributed by atoms with E-state index in [1.165, 1.54) is 31.9 Å². The maximum absolute atomic E-state index is 12.0. The summed E-state index contributed by atoms with van der Waals surface area (Å²) in [5.74, 6) is 2.03. The molecule has 0 spiro atoms. The zero-order valence-electron chi connectivity index (χ0n) is 12.4. The second-order valence-electron chi connectivity index (χ2n) is 5.65. The van der Waals surface area contributed by atoms with Gasteiger partial charge in [-0.25, -0.2) is 9.97 Å². The molecule has 0 atom stereocenters. The first-order valence-electron chi connectivity index (χ1n) is 7.53. The van der Waals surface area contributed by atoms with Gasteiger partial charge in [0.2, 0.25) is 0 Å². The van der Waals surface area contributed by atoms with Crippen LogP contribution in [-0.2, 0) is 0 Å². The van der Waals surface area contributed by atoms with E-state index in [1.54, 1.807) is 6.20 Å². The highest BCUT2D eigenvalue weighted by molar-refractivity contribution is 5.91. The number of carbonyl (C=O) groups is 1. The van der Waals surface area contributed by atoms with E-state index in [0.717, 1.165) is 19.0 Å². The van der Waals surface area contributed by atoms with Crippen molar-refractivity contribution in [1.29, 1.82) is 0 Å². The number of anilines is 1. The van der Waals surface area contributed by atoms with Crippen molar-refractivity contribution in [3.63, 3.8) is 0 Å². The van der Waals surface area contributed by atoms with Crippen LogP contribution in [0, 0.1) is 11.8 Å². The Bertz CT molecular complexity index is 424. The molecule has 5 heteroatoms. The van der Waals surface area contributed by atoms with Crippen LogP contribution in [0.5, 0.6) is 0 Å². The number of aromatic nitrogens is 2. The number of nitrogens with zero attached hydrogens (tertiary/aromatic N) is 2. The third-order valence-electron chi connectivity index (χ3n) is 3.93. The Balaban J connectivity index is 1.79. The molecule has 0 unspecified atom stereocenters. The van der Waals surface area contributed by atoms with Crippen LogP contribution in [0.15, 0.2) is 12.4 Å². The monoisotopic (exact) mass is 276 g/mol. The summed E-state index contributed by atoms with van der Waals surface area (Å²) < 4.78 is 0. The highest BCUT2D eigenvalue weighted by atomic mass is 16.1. The normalized spacial score (nSPS) is 22.3. The predicted octanol–water partition coefficient (Wildman–Crippen LogP) is 2.46. The van der Waals surface area contributed by atoms with Crippen molar-refractivity contribution in [2.75, 3.05) is 18.4 Å². The molecular weight excluding hydrogens is 252 g/mol. The average Bonchev–Trinajstić information content (AvgIpc) is 2.47. The Labute approximate surface area is 120 Å². The number of hydrogen-bond donors (Lipinski definition) is 2. The Morgan fingerprint density at radius 3 is 2.60 bits per heavy atom. The summed E-state index contributed by atoms with van der Waals surface area (Å²) in [5, 5.41) is 6.03. The van der Waals surface area contributed by atoms with Crippen LogP contribution < -0.4 is 10.6 Å². The van der Waals surface area contributed by atoms with Gasteiger partial charge in [-0.15, -0.1) is 0 Å². The molecule has 2 N–H and O–H groups in total. The molecule has 1 heterocycles. The fourth-order valence-corrected chi connectivity index (χ4v) is 2.58. The van der Waals surface area contributed by atoms with Crippen molar-refractivity contribution in [2.45, 2.75) is 39.5 Å². The van der Waals surface area contributed by atoms with Gasteiger partial charge >= 0.3 is 0 Å². The van der Waals surface area contributed by atoms with Gasteiger partial charge in [0, 0.05) is 13.1 Å². The summed E-state index contributed by atoms with van der Waals surface area (Å²) in [5.41, 5.74) is 0.385. The SMILES string of the molecule is CCNc1cnc(C(=O)NCC2CCC(C)CC2)cn1. The first kappa shape index (κ1) is 14.8. The fourth-order valence-electron chi connectivity index (χ4n) is 2.58. The molecule has 0 saturated heterocycles. The van der Waals surface area contributed by atoms with Crippen LogP contribution in [-0.4, -0.2) is 29.0 Å². The first-order chi connectivity index (χ1) is 9.69. The second kappa shape index (κ2) is 7.22. The van der Waals surface area contributed by atoms with Gasteiger partial charge in [0.15, 0.2) is 0 Å². The third-order valence-corrected chi connectivity index (χ3v) is 3.93. The third kappa shape index (κ3) is 4.18. The number of nitrogens with one attached hydrogen (secondary N) is 2. The highest BCUT2D eigenvalue weighted by Crippen LogP contribution is 2.27. The largest absolute Gasteiger partial charge is 0.369 e. The lowest BCUT2D eigenvalue weighted by molar-refractivity contribution is 0.0936. The molecule has 1 amide bonds. The quantitative estimate of drug-likeness (QED) is 0.867. The van der Waals surface area contributed by atoms with Crippen molar-refractivity contribution in [3.8, 4) is 0 Å². The standard InChI is InChI=1S/C15H24N4O/c1-3-16-14-10-17-13(9-18-14)15(20)19-8-12-6-4-11(2)5-7-12/h9-12H,3-8H2,1-2H3,(H,16,18)(H,19,20). The Hall–Kier alpha value is -1.65. The van der Waals surface area contributed by atoms with Crippen LogP contribution >= 0.6 is 0 Å². The minimum Gasteiger partial charge on any atom is -0.369 e. The Morgan fingerprint density at radius 2 is 2.00 bits per heavy atom. The Morgan fingerprint density at radius 1 is 1.25 bits per heavy atom.